The molecular formula is C20H27NO. The molecule has 0 aromatic heterocycles. The summed E-state index contributed by atoms with van der Waals surface area (Å²) in [7, 11) is 0. The Bertz CT molecular complexity index is 539. The van der Waals surface area contributed by atoms with Gasteiger partial charge in [0.05, 0.1) is 6.54 Å². The zero-order valence-corrected chi connectivity index (χ0v) is 14.1. The molecule has 0 N–H and O–H groups in total. The second kappa shape index (κ2) is 9.87. The Morgan fingerprint density at radius 1 is 1.18 bits per heavy atom. The van der Waals surface area contributed by atoms with Gasteiger partial charge in [0, 0.05) is 13.1 Å². The van der Waals surface area contributed by atoms with Crippen LogP contribution in [0.5, 0.6) is 5.75 Å². The normalized spacial score (nSPS) is 10.2. The molecule has 0 bridgehead atoms. The molecule has 22 heavy (non-hydrogen) atoms. The van der Waals surface area contributed by atoms with E-state index in [2.05, 4.69) is 68.9 Å². The SMILES string of the molecule is C=CCN(CC#CCOc1cc(C)ccc1C(C)C)CC=C. The van der Waals surface area contributed by atoms with Gasteiger partial charge in [0.15, 0.2) is 0 Å². The van der Waals surface area contributed by atoms with Crippen molar-refractivity contribution in [2.45, 2.75) is 26.7 Å². The molecule has 0 aliphatic rings. The minimum absolute atomic E-state index is 0.416. The van der Waals surface area contributed by atoms with Crippen molar-refractivity contribution in [3.8, 4) is 17.6 Å². The lowest BCUT2D eigenvalue weighted by atomic mass is 10.0. The van der Waals surface area contributed by atoms with Gasteiger partial charge >= 0.3 is 0 Å². The summed E-state index contributed by atoms with van der Waals surface area (Å²) >= 11 is 0. The average Bonchev–Trinajstić information content (AvgIpc) is 2.47. The number of hydrogen-bond acceptors (Lipinski definition) is 2. The van der Waals surface area contributed by atoms with E-state index in [1.54, 1.807) is 0 Å². The van der Waals surface area contributed by atoms with Crippen LogP contribution >= 0.6 is 0 Å². The molecule has 0 amide bonds. The average molecular weight is 297 g/mol. The van der Waals surface area contributed by atoms with Gasteiger partial charge in [-0.05, 0) is 30.0 Å². The Labute approximate surface area is 135 Å². The Morgan fingerprint density at radius 3 is 2.45 bits per heavy atom. The van der Waals surface area contributed by atoms with Gasteiger partial charge in [-0.2, -0.15) is 0 Å². The summed E-state index contributed by atoms with van der Waals surface area (Å²) in [4.78, 5) is 2.17. The van der Waals surface area contributed by atoms with E-state index in [0.29, 0.717) is 19.1 Å². The van der Waals surface area contributed by atoms with Crippen LogP contribution < -0.4 is 4.74 Å². The predicted molar refractivity (Wildman–Crippen MR) is 95.4 cm³/mol. The molecule has 0 radical (unpaired) electrons. The fourth-order valence-electron chi connectivity index (χ4n) is 2.14. The highest BCUT2D eigenvalue weighted by atomic mass is 16.5. The fourth-order valence-corrected chi connectivity index (χ4v) is 2.14. The van der Waals surface area contributed by atoms with Crippen LogP contribution in [-0.4, -0.2) is 31.1 Å². The first-order valence-electron chi connectivity index (χ1n) is 7.71. The number of ether oxygens (including phenoxy) is 1. The van der Waals surface area contributed by atoms with Crippen molar-refractivity contribution in [3.05, 3.63) is 54.6 Å². The van der Waals surface area contributed by atoms with Crippen molar-refractivity contribution in [2.75, 3.05) is 26.2 Å². The smallest absolute Gasteiger partial charge is 0.149 e. The molecule has 0 spiro atoms. The fraction of sp³-hybridized carbons (Fsp3) is 0.400. The first-order chi connectivity index (χ1) is 10.6. The maximum Gasteiger partial charge on any atom is 0.149 e. The molecule has 0 aliphatic heterocycles. The molecule has 0 fully saturated rings. The number of rotatable bonds is 8. The predicted octanol–water partition coefficient (Wildman–Crippen LogP) is 4.17. The molecule has 1 rings (SSSR count). The molecule has 0 saturated heterocycles. The minimum Gasteiger partial charge on any atom is -0.481 e. The van der Waals surface area contributed by atoms with E-state index >= 15 is 0 Å². The molecule has 0 heterocycles. The molecule has 0 unspecified atom stereocenters. The van der Waals surface area contributed by atoms with Crippen LogP contribution in [0.2, 0.25) is 0 Å². The van der Waals surface area contributed by atoms with E-state index in [1.165, 1.54) is 11.1 Å². The number of benzene rings is 1. The van der Waals surface area contributed by atoms with Crippen LogP contribution in [-0.2, 0) is 0 Å². The topological polar surface area (TPSA) is 12.5 Å². The van der Waals surface area contributed by atoms with Gasteiger partial charge in [0.25, 0.3) is 0 Å². The van der Waals surface area contributed by atoms with Gasteiger partial charge in [-0.3, -0.25) is 4.90 Å². The molecule has 1 aromatic carbocycles. The number of hydrogen-bond donors (Lipinski definition) is 0. The summed E-state index contributed by atoms with van der Waals surface area (Å²) < 4.78 is 5.85. The molecule has 118 valence electrons. The first kappa shape index (κ1) is 18.1. The van der Waals surface area contributed by atoms with Crippen molar-refractivity contribution < 1.29 is 4.74 Å². The zero-order chi connectivity index (χ0) is 16.4. The third-order valence-electron chi connectivity index (χ3n) is 3.29. The Hall–Kier alpha value is -1.98. The molecule has 0 aliphatic carbocycles. The molecule has 0 atom stereocenters. The monoisotopic (exact) mass is 297 g/mol. The molecule has 1 aromatic rings. The van der Waals surface area contributed by atoms with Crippen LogP contribution in [0.1, 0.15) is 30.9 Å². The molecular weight excluding hydrogens is 270 g/mol. The number of aryl methyl sites for hydroxylation is 1. The third kappa shape index (κ3) is 6.20. The minimum atomic E-state index is 0.416. The van der Waals surface area contributed by atoms with E-state index in [9.17, 15) is 0 Å². The van der Waals surface area contributed by atoms with Crippen LogP contribution in [0.15, 0.2) is 43.5 Å². The van der Waals surface area contributed by atoms with Gasteiger partial charge in [-0.25, -0.2) is 0 Å². The maximum absolute atomic E-state index is 5.85. The Kier molecular flexibility index (Phi) is 8.10. The van der Waals surface area contributed by atoms with Gasteiger partial charge < -0.3 is 4.74 Å². The van der Waals surface area contributed by atoms with Gasteiger partial charge in [0.1, 0.15) is 12.4 Å². The largest absolute Gasteiger partial charge is 0.481 e. The lowest BCUT2D eigenvalue weighted by Crippen LogP contribution is -2.24. The zero-order valence-electron chi connectivity index (χ0n) is 14.1. The van der Waals surface area contributed by atoms with Crippen molar-refractivity contribution in [1.82, 2.24) is 4.90 Å². The van der Waals surface area contributed by atoms with Crippen molar-refractivity contribution in [3.63, 3.8) is 0 Å². The summed E-state index contributed by atoms with van der Waals surface area (Å²) in [5.74, 6) is 7.61. The van der Waals surface area contributed by atoms with Crippen molar-refractivity contribution >= 4 is 0 Å². The first-order valence-corrected chi connectivity index (χ1v) is 7.71. The highest BCUT2D eigenvalue weighted by Gasteiger charge is 2.07. The summed E-state index contributed by atoms with van der Waals surface area (Å²) in [5.41, 5.74) is 2.43. The summed E-state index contributed by atoms with van der Waals surface area (Å²) in [6.07, 6.45) is 3.76. The second-order valence-electron chi connectivity index (χ2n) is 5.61. The van der Waals surface area contributed by atoms with Crippen LogP contribution in [0.3, 0.4) is 0 Å². The highest BCUT2D eigenvalue weighted by molar-refractivity contribution is 5.39. The Morgan fingerprint density at radius 2 is 1.86 bits per heavy atom. The molecule has 2 nitrogen and oxygen atoms in total. The van der Waals surface area contributed by atoms with Crippen molar-refractivity contribution in [1.29, 1.82) is 0 Å². The summed E-state index contributed by atoms with van der Waals surface area (Å²) in [5, 5.41) is 0. The van der Waals surface area contributed by atoms with Gasteiger partial charge in [-0.1, -0.05) is 50.0 Å². The van der Waals surface area contributed by atoms with Crippen molar-refractivity contribution in [2.24, 2.45) is 0 Å². The quantitative estimate of drug-likeness (QED) is 0.527. The van der Waals surface area contributed by atoms with Crippen LogP contribution in [0.25, 0.3) is 0 Å². The van der Waals surface area contributed by atoms with Gasteiger partial charge in [-0.15, -0.1) is 13.2 Å². The van der Waals surface area contributed by atoms with E-state index in [1.807, 2.05) is 12.2 Å². The Balaban J connectivity index is 2.57. The van der Waals surface area contributed by atoms with Crippen LogP contribution in [0, 0.1) is 18.8 Å². The molecule has 0 saturated carbocycles. The number of nitrogens with zero attached hydrogens (tertiary/aromatic N) is 1. The maximum atomic E-state index is 5.85. The third-order valence-corrected chi connectivity index (χ3v) is 3.29. The van der Waals surface area contributed by atoms with Crippen LogP contribution in [0.4, 0.5) is 0 Å². The standard InChI is InChI=1S/C20H27NO/c1-6-12-21(13-7-2)14-8-9-15-22-20-16-18(5)10-11-19(20)17(3)4/h6-7,10-11,16-17H,1-2,12-15H2,3-5H3. The van der Waals surface area contributed by atoms with E-state index in [-0.39, 0.29) is 0 Å². The second-order valence-corrected chi connectivity index (χ2v) is 5.61. The summed E-state index contributed by atoms with van der Waals surface area (Å²) in [6, 6.07) is 6.34. The lowest BCUT2D eigenvalue weighted by Gasteiger charge is -2.14. The van der Waals surface area contributed by atoms with E-state index < -0.39 is 0 Å². The lowest BCUT2D eigenvalue weighted by molar-refractivity contribution is 0.361. The molecule has 2 heteroatoms. The van der Waals surface area contributed by atoms with E-state index in [0.717, 1.165) is 18.8 Å². The highest BCUT2D eigenvalue weighted by Crippen LogP contribution is 2.27. The van der Waals surface area contributed by atoms with Gasteiger partial charge in [0.2, 0.25) is 0 Å². The van der Waals surface area contributed by atoms with E-state index in [4.69, 9.17) is 4.74 Å². The summed E-state index contributed by atoms with van der Waals surface area (Å²) in [6.45, 7) is 16.7.